The highest BCUT2D eigenvalue weighted by molar-refractivity contribution is 7.99. The number of nitrogens with zero attached hydrogens (tertiary/aromatic N) is 1. The number of aromatic nitrogens is 1. The maximum absolute atomic E-state index is 12.7. The van der Waals surface area contributed by atoms with Crippen molar-refractivity contribution in [3.8, 4) is 0 Å². The molecule has 1 aromatic heterocycles. The van der Waals surface area contributed by atoms with Crippen LogP contribution in [0.2, 0.25) is 0 Å². The van der Waals surface area contributed by atoms with Crippen molar-refractivity contribution in [2.24, 2.45) is 0 Å². The zero-order valence-electron chi connectivity index (χ0n) is 14.7. The van der Waals surface area contributed by atoms with Crippen molar-refractivity contribution in [3.63, 3.8) is 0 Å². The second-order valence-electron chi connectivity index (χ2n) is 6.22. The lowest BCUT2D eigenvalue weighted by atomic mass is 10.1. The van der Waals surface area contributed by atoms with Crippen LogP contribution >= 0.6 is 11.8 Å². The Kier molecular flexibility index (Phi) is 5.39. The maximum Gasteiger partial charge on any atom is 0.252 e. The normalized spacial score (nSPS) is 12.1. The van der Waals surface area contributed by atoms with Crippen molar-refractivity contribution in [1.82, 2.24) is 10.3 Å². The summed E-state index contributed by atoms with van der Waals surface area (Å²) in [6.45, 7) is 6.15. The number of aryl methyl sites for hydroxylation is 1. The SMILES string of the molecule is CCC(C)NC(=O)c1cc(Sc2ccc(C)cc2)nc2ccccc12. The summed E-state index contributed by atoms with van der Waals surface area (Å²) in [4.78, 5) is 18.6. The van der Waals surface area contributed by atoms with Crippen molar-refractivity contribution < 1.29 is 4.79 Å². The molecule has 0 radical (unpaired) electrons. The van der Waals surface area contributed by atoms with E-state index in [1.807, 2.05) is 37.3 Å². The number of hydrogen-bond acceptors (Lipinski definition) is 3. The van der Waals surface area contributed by atoms with E-state index in [0.717, 1.165) is 27.2 Å². The number of hydrogen-bond donors (Lipinski definition) is 1. The molecule has 1 amide bonds. The van der Waals surface area contributed by atoms with Crippen LogP contribution in [-0.2, 0) is 0 Å². The number of rotatable bonds is 5. The number of nitrogens with one attached hydrogen (secondary N) is 1. The van der Waals surface area contributed by atoms with Crippen LogP contribution in [-0.4, -0.2) is 16.9 Å². The fourth-order valence-electron chi connectivity index (χ4n) is 2.52. The first-order valence-corrected chi connectivity index (χ1v) is 9.33. The molecule has 0 saturated carbocycles. The minimum atomic E-state index is -0.0429. The Labute approximate surface area is 152 Å². The molecule has 3 nitrogen and oxygen atoms in total. The Morgan fingerprint density at radius 3 is 2.60 bits per heavy atom. The predicted octanol–water partition coefficient (Wildman–Crippen LogP) is 5.22. The molecule has 0 aliphatic carbocycles. The zero-order valence-corrected chi connectivity index (χ0v) is 15.6. The number of benzene rings is 2. The Hall–Kier alpha value is -2.33. The molecule has 0 saturated heterocycles. The van der Waals surface area contributed by atoms with Crippen LogP contribution in [0.5, 0.6) is 0 Å². The second-order valence-corrected chi connectivity index (χ2v) is 7.32. The van der Waals surface area contributed by atoms with E-state index in [2.05, 4.69) is 43.4 Å². The number of para-hydroxylation sites is 1. The molecule has 4 heteroatoms. The molecule has 1 unspecified atom stereocenters. The van der Waals surface area contributed by atoms with E-state index in [-0.39, 0.29) is 11.9 Å². The van der Waals surface area contributed by atoms with E-state index in [4.69, 9.17) is 4.98 Å². The van der Waals surface area contributed by atoms with E-state index in [9.17, 15) is 4.79 Å². The smallest absolute Gasteiger partial charge is 0.252 e. The van der Waals surface area contributed by atoms with Gasteiger partial charge in [-0.05, 0) is 44.5 Å². The van der Waals surface area contributed by atoms with E-state index < -0.39 is 0 Å². The number of carbonyl (C=O) groups excluding carboxylic acids is 1. The number of amides is 1. The summed E-state index contributed by atoms with van der Waals surface area (Å²) in [5, 5.41) is 4.78. The van der Waals surface area contributed by atoms with Crippen molar-refractivity contribution in [3.05, 3.63) is 65.7 Å². The summed E-state index contributed by atoms with van der Waals surface area (Å²) >= 11 is 1.58. The van der Waals surface area contributed by atoms with Gasteiger partial charge in [-0.1, -0.05) is 54.6 Å². The molecule has 1 heterocycles. The first-order chi connectivity index (χ1) is 12.1. The number of carbonyl (C=O) groups is 1. The summed E-state index contributed by atoms with van der Waals surface area (Å²) in [6, 6.07) is 18.2. The van der Waals surface area contributed by atoms with Crippen molar-refractivity contribution >= 4 is 28.6 Å². The molecule has 1 N–H and O–H groups in total. The molecular weight excluding hydrogens is 328 g/mol. The van der Waals surface area contributed by atoms with Crippen LogP contribution in [0.4, 0.5) is 0 Å². The Morgan fingerprint density at radius 1 is 1.16 bits per heavy atom. The average Bonchev–Trinajstić information content (AvgIpc) is 2.62. The van der Waals surface area contributed by atoms with Crippen LogP contribution in [0.25, 0.3) is 10.9 Å². The first kappa shape index (κ1) is 17.5. The molecule has 1 atom stereocenters. The maximum atomic E-state index is 12.7. The first-order valence-electron chi connectivity index (χ1n) is 8.52. The standard InChI is InChI=1S/C21H22N2OS/c1-4-15(3)22-21(24)18-13-20(23-19-8-6-5-7-17(18)19)25-16-11-9-14(2)10-12-16/h5-13,15H,4H2,1-3H3,(H,22,24). The third-order valence-corrected chi connectivity index (χ3v) is 5.10. The monoisotopic (exact) mass is 350 g/mol. The van der Waals surface area contributed by atoms with E-state index in [1.165, 1.54) is 5.56 Å². The molecule has 3 aromatic rings. The summed E-state index contributed by atoms with van der Waals surface area (Å²) in [5.41, 5.74) is 2.75. The molecule has 128 valence electrons. The van der Waals surface area contributed by atoms with Gasteiger partial charge in [-0.25, -0.2) is 4.98 Å². The van der Waals surface area contributed by atoms with Gasteiger partial charge in [-0.2, -0.15) is 0 Å². The Balaban J connectivity index is 1.99. The highest BCUT2D eigenvalue weighted by atomic mass is 32.2. The van der Waals surface area contributed by atoms with Crippen molar-refractivity contribution in [1.29, 1.82) is 0 Å². The minimum absolute atomic E-state index is 0.0429. The molecule has 0 aliphatic rings. The summed E-state index contributed by atoms with van der Waals surface area (Å²) < 4.78 is 0. The highest BCUT2D eigenvalue weighted by Gasteiger charge is 2.15. The summed E-state index contributed by atoms with van der Waals surface area (Å²) in [6.07, 6.45) is 0.903. The van der Waals surface area contributed by atoms with E-state index in [0.29, 0.717) is 5.56 Å². The topological polar surface area (TPSA) is 42.0 Å². The summed E-state index contributed by atoms with van der Waals surface area (Å²) in [7, 11) is 0. The Bertz CT molecular complexity index is 890. The van der Waals surface area contributed by atoms with E-state index in [1.54, 1.807) is 11.8 Å². The van der Waals surface area contributed by atoms with Crippen LogP contribution < -0.4 is 5.32 Å². The van der Waals surface area contributed by atoms with Gasteiger partial charge in [0.1, 0.15) is 5.03 Å². The summed E-state index contributed by atoms with van der Waals surface area (Å²) in [5.74, 6) is -0.0429. The fraction of sp³-hybridized carbons (Fsp3) is 0.238. The van der Waals surface area contributed by atoms with E-state index >= 15 is 0 Å². The van der Waals surface area contributed by atoms with Gasteiger partial charge < -0.3 is 5.32 Å². The van der Waals surface area contributed by atoms with Gasteiger partial charge >= 0.3 is 0 Å². The average molecular weight is 350 g/mol. The van der Waals surface area contributed by atoms with Gasteiger partial charge in [0.2, 0.25) is 0 Å². The highest BCUT2D eigenvalue weighted by Crippen LogP contribution is 2.30. The van der Waals surface area contributed by atoms with Gasteiger partial charge in [0.15, 0.2) is 0 Å². The Morgan fingerprint density at radius 2 is 1.88 bits per heavy atom. The molecule has 0 fully saturated rings. The van der Waals surface area contributed by atoms with Crippen molar-refractivity contribution in [2.45, 2.75) is 43.2 Å². The largest absolute Gasteiger partial charge is 0.350 e. The second kappa shape index (κ2) is 7.70. The lowest BCUT2D eigenvalue weighted by Gasteiger charge is -2.14. The quantitative estimate of drug-likeness (QED) is 0.686. The van der Waals surface area contributed by atoms with Crippen LogP contribution in [0.3, 0.4) is 0 Å². The number of pyridine rings is 1. The van der Waals surface area contributed by atoms with Gasteiger partial charge in [-0.15, -0.1) is 0 Å². The van der Waals surface area contributed by atoms with Crippen molar-refractivity contribution in [2.75, 3.05) is 0 Å². The number of fused-ring (bicyclic) bond motifs is 1. The molecule has 25 heavy (non-hydrogen) atoms. The minimum Gasteiger partial charge on any atom is -0.350 e. The van der Waals surface area contributed by atoms with Crippen LogP contribution in [0.15, 0.2) is 64.5 Å². The third kappa shape index (κ3) is 4.20. The van der Waals surface area contributed by atoms with Gasteiger partial charge in [-0.3, -0.25) is 4.79 Å². The lowest BCUT2D eigenvalue weighted by Crippen LogP contribution is -2.32. The lowest BCUT2D eigenvalue weighted by molar-refractivity contribution is 0.0940. The molecule has 2 aromatic carbocycles. The third-order valence-electron chi connectivity index (χ3n) is 4.17. The van der Waals surface area contributed by atoms with Crippen LogP contribution in [0, 0.1) is 6.92 Å². The molecule has 0 spiro atoms. The zero-order chi connectivity index (χ0) is 17.8. The van der Waals surface area contributed by atoms with Gasteiger partial charge in [0.05, 0.1) is 11.1 Å². The van der Waals surface area contributed by atoms with Crippen LogP contribution in [0.1, 0.15) is 36.2 Å². The molecular formula is C21H22N2OS. The van der Waals surface area contributed by atoms with Gasteiger partial charge in [0.25, 0.3) is 5.91 Å². The molecule has 0 aliphatic heterocycles. The van der Waals surface area contributed by atoms with Gasteiger partial charge in [0, 0.05) is 16.3 Å². The fourth-order valence-corrected chi connectivity index (χ4v) is 3.36. The molecule has 3 rings (SSSR count). The molecule has 0 bridgehead atoms. The predicted molar refractivity (Wildman–Crippen MR) is 104 cm³/mol.